The Bertz CT molecular complexity index is 324. The monoisotopic (exact) mass is 239 g/mol. The molecule has 0 aliphatic rings. The summed E-state index contributed by atoms with van der Waals surface area (Å²) < 4.78 is 0. The van der Waals surface area contributed by atoms with Crippen molar-refractivity contribution in [3.05, 3.63) is 35.9 Å². The minimum absolute atomic E-state index is 0.117. The van der Waals surface area contributed by atoms with E-state index in [1.165, 1.54) is 0 Å². The first kappa shape index (κ1) is 13.0. The summed E-state index contributed by atoms with van der Waals surface area (Å²) in [7, 11) is 0. The van der Waals surface area contributed by atoms with Crippen LogP contribution in [-0.2, 0) is 4.79 Å². The van der Waals surface area contributed by atoms with Crippen molar-refractivity contribution >= 4 is 17.5 Å². The van der Waals surface area contributed by atoms with E-state index >= 15 is 0 Å². The first-order valence-corrected chi connectivity index (χ1v) is 6.01. The summed E-state index contributed by atoms with van der Waals surface area (Å²) in [6, 6.07) is 9.39. The van der Waals surface area contributed by atoms with Crippen LogP contribution in [0.25, 0.3) is 0 Å². The Labute approximate surface area is 102 Å². The Hall–Kier alpha value is -1.02. The Morgan fingerprint density at radius 2 is 1.94 bits per heavy atom. The molecule has 0 aromatic heterocycles. The molecule has 0 saturated heterocycles. The van der Waals surface area contributed by atoms with E-state index in [4.69, 9.17) is 11.6 Å². The third kappa shape index (κ3) is 4.23. The molecule has 1 unspecified atom stereocenters. The van der Waals surface area contributed by atoms with E-state index in [0.29, 0.717) is 12.5 Å². The molecule has 0 radical (unpaired) electrons. The Morgan fingerprint density at radius 3 is 2.50 bits per heavy atom. The molecule has 0 aliphatic heterocycles. The maximum Gasteiger partial charge on any atom is 0.242 e. The third-order valence-electron chi connectivity index (χ3n) is 2.34. The second-order valence-electron chi connectivity index (χ2n) is 4.25. The van der Waals surface area contributed by atoms with Gasteiger partial charge in [-0.25, -0.2) is 0 Å². The van der Waals surface area contributed by atoms with Crippen LogP contribution in [-0.4, -0.2) is 12.5 Å². The van der Waals surface area contributed by atoms with Crippen LogP contribution in [0.4, 0.5) is 0 Å². The zero-order valence-corrected chi connectivity index (χ0v) is 10.5. The first-order valence-electron chi connectivity index (χ1n) is 5.58. The van der Waals surface area contributed by atoms with Gasteiger partial charge in [0.15, 0.2) is 0 Å². The van der Waals surface area contributed by atoms with Crippen LogP contribution in [0.3, 0.4) is 0 Å². The van der Waals surface area contributed by atoms with Crippen LogP contribution in [0.1, 0.15) is 31.2 Å². The maximum absolute atomic E-state index is 11.7. The average Bonchev–Trinajstić information content (AvgIpc) is 2.28. The number of carbonyl (C=O) groups is 1. The van der Waals surface area contributed by atoms with Crippen LogP contribution >= 0.6 is 11.6 Å². The van der Waals surface area contributed by atoms with Gasteiger partial charge < -0.3 is 5.32 Å². The molecule has 1 aromatic carbocycles. The molecule has 1 aromatic rings. The standard InChI is InChI=1S/C13H18ClNO/c1-10(2)8-9-15-13(16)12(14)11-6-4-3-5-7-11/h3-7,10,12H,8-9H2,1-2H3,(H,15,16). The number of alkyl halides is 1. The molecule has 0 aliphatic carbocycles. The molecular weight excluding hydrogens is 222 g/mol. The lowest BCUT2D eigenvalue weighted by Gasteiger charge is -2.11. The number of hydrogen-bond acceptors (Lipinski definition) is 1. The lowest BCUT2D eigenvalue weighted by molar-refractivity contribution is -0.120. The normalized spacial score (nSPS) is 12.5. The Kier molecular flexibility index (Phi) is 5.33. The van der Waals surface area contributed by atoms with Gasteiger partial charge in [-0.05, 0) is 17.9 Å². The fraction of sp³-hybridized carbons (Fsp3) is 0.462. The average molecular weight is 240 g/mol. The van der Waals surface area contributed by atoms with Gasteiger partial charge in [-0.1, -0.05) is 44.2 Å². The number of carbonyl (C=O) groups excluding carboxylic acids is 1. The summed E-state index contributed by atoms with van der Waals surface area (Å²) in [5.41, 5.74) is 0.839. The zero-order chi connectivity index (χ0) is 12.0. The molecule has 0 bridgehead atoms. The number of rotatable bonds is 5. The van der Waals surface area contributed by atoms with E-state index in [1.807, 2.05) is 30.3 Å². The maximum atomic E-state index is 11.7. The molecule has 0 fully saturated rings. The summed E-state index contributed by atoms with van der Waals surface area (Å²) in [5, 5.41) is 2.25. The van der Waals surface area contributed by atoms with Crippen molar-refractivity contribution < 1.29 is 4.79 Å². The molecule has 3 heteroatoms. The SMILES string of the molecule is CC(C)CCNC(=O)C(Cl)c1ccccc1. The van der Waals surface area contributed by atoms with Crippen molar-refractivity contribution in [3.63, 3.8) is 0 Å². The van der Waals surface area contributed by atoms with E-state index in [-0.39, 0.29) is 5.91 Å². The van der Waals surface area contributed by atoms with Gasteiger partial charge in [-0.2, -0.15) is 0 Å². The van der Waals surface area contributed by atoms with Crippen molar-refractivity contribution in [1.29, 1.82) is 0 Å². The van der Waals surface area contributed by atoms with Crippen molar-refractivity contribution in [2.45, 2.75) is 25.6 Å². The van der Waals surface area contributed by atoms with E-state index in [9.17, 15) is 4.79 Å². The van der Waals surface area contributed by atoms with E-state index in [1.54, 1.807) is 0 Å². The lowest BCUT2D eigenvalue weighted by Crippen LogP contribution is -2.28. The molecule has 1 amide bonds. The molecule has 0 saturated carbocycles. The number of halogens is 1. The van der Waals surface area contributed by atoms with Gasteiger partial charge >= 0.3 is 0 Å². The smallest absolute Gasteiger partial charge is 0.242 e. The molecule has 2 nitrogen and oxygen atoms in total. The quantitative estimate of drug-likeness (QED) is 0.786. The number of hydrogen-bond donors (Lipinski definition) is 1. The second kappa shape index (κ2) is 6.54. The number of amides is 1. The molecule has 1 atom stereocenters. The molecule has 16 heavy (non-hydrogen) atoms. The van der Waals surface area contributed by atoms with Crippen molar-refractivity contribution in [1.82, 2.24) is 5.32 Å². The third-order valence-corrected chi connectivity index (χ3v) is 2.79. The van der Waals surface area contributed by atoms with Gasteiger partial charge in [0.25, 0.3) is 0 Å². The highest BCUT2D eigenvalue weighted by Crippen LogP contribution is 2.19. The topological polar surface area (TPSA) is 29.1 Å². The highest BCUT2D eigenvalue weighted by Gasteiger charge is 2.16. The van der Waals surface area contributed by atoms with Gasteiger partial charge in [-0.3, -0.25) is 4.79 Å². The van der Waals surface area contributed by atoms with Crippen molar-refractivity contribution in [3.8, 4) is 0 Å². The number of nitrogens with one attached hydrogen (secondary N) is 1. The highest BCUT2D eigenvalue weighted by molar-refractivity contribution is 6.30. The fourth-order valence-electron chi connectivity index (χ4n) is 1.35. The summed E-state index contributed by atoms with van der Waals surface area (Å²) in [4.78, 5) is 11.7. The molecule has 1 rings (SSSR count). The largest absolute Gasteiger partial charge is 0.355 e. The molecule has 1 N–H and O–H groups in total. The van der Waals surface area contributed by atoms with Gasteiger partial charge in [0.2, 0.25) is 5.91 Å². The zero-order valence-electron chi connectivity index (χ0n) is 9.74. The molecule has 0 heterocycles. The summed E-state index contributed by atoms with van der Waals surface area (Å²) in [6.45, 7) is 4.94. The minimum Gasteiger partial charge on any atom is -0.355 e. The highest BCUT2D eigenvalue weighted by atomic mass is 35.5. The Morgan fingerprint density at radius 1 is 1.31 bits per heavy atom. The van der Waals surface area contributed by atoms with E-state index < -0.39 is 5.38 Å². The minimum atomic E-state index is -0.589. The summed E-state index contributed by atoms with van der Waals surface area (Å²) >= 11 is 6.06. The molecular formula is C13H18ClNO. The van der Waals surface area contributed by atoms with E-state index in [0.717, 1.165) is 12.0 Å². The van der Waals surface area contributed by atoms with Crippen molar-refractivity contribution in [2.24, 2.45) is 5.92 Å². The predicted molar refractivity (Wildman–Crippen MR) is 67.5 cm³/mol. The Balaban J connectivity index is 2.43. The summed E-state index contributed by atoms with van der Waals surface area (Å²) in [6.07, 6.45) is 0.976. The fourth-order valence-corrected chi connectivity index (χ4v) is 1.57. The second-order valence-corrected chi connectivity index (χ2v) is 4.68. The van der Waals surface area contributed by atoms with Gasteiger partial charge in [0.1, 0.15) is 5.38 Å². The van der Waals surface area contributed by atoms with Crippen LogP contribution in [0.2, 0.25) is 0 Å². The van der Waals surface area contributed by atoms with Crippen molar-refractivity contribution in [2.75, 3.05) is 6.54 Å². The number of benzene rings is 1. The van der Waals surface area contributed by atoms with Gasteiger partial charge in [0, 0.05) is 6.54 Å². The van der Waals surface area contributed by atoms with Gasteiger partial charge in [-0.15, -0.1) is 11.6 Å². The van der Waals surface area contributed by atoms with Crippen LogP contribution in [0.15, 0.2) is 30.3 Å². The predicted octanol–water partition coefficient (Wildman–Crippen LogP) is 3.13. The van der Waals surface area contributed by atoms with E-state index in [2.05, 4.69) is 19.2 Å². The first-order chi connectivity index (χ1) is 7.61. The van der Waals surface area contributed by atoms with Crippen LogP contribution < -0.4 is 5.32 Å². The lowest BCUT2D eigenvalue weighted by atomic mass is 10.1. The summed E-state index contributed by atoms with van der Waals surface area (Å²) in [5.74, 6) is 0.472. The molecule has 0 spiro atoms. The van der Waals surface area contributed by atoms with Crippen LogP contribution in [0.5, 0.6) is 0 Å². The molecule has 88 valence electrons. The van der Waals surface area contributed by atoms with Gasteiger partial charge in [0.05, 0.1) is 0 Å². The van der Waals surface area contributed by atoms with Crippen LogP contribution in [0, 0.1) is 5.92 Å².